The van der Waals surface area contributed by atoms with Gasteiger partial charge in [0, 0.05) is 17.8 Å². The Labute approximate surface area is 169 Å². The zero-order valence-corrected chi connectivity index (χ0v) is 17.3. The molecule has 6 nitrogen and oxygen atoms in total. The first-order chi connectivity index (χ1) is 13.5. The van der Waals surface area contributed by atoms with Gasteiger partial charge in [-0.2, -0.15) is 0 Å². The van der Waals surface area contributed by atoms with E-state index in [1.807, 2.05) is 18.2 Å². The summed E-state index contributed by atoms with van der Waals surface area (Å²) in [6.07, 6.45) is 5.70. The number of hydrogen-bond donors (Lipinski definition) is 2. The molecule has 0 spiro atoms. The molecule has 0 amide bonds. The van der Waals surface area contributed by atoms with Crippen LogP contribution < -0.4 is 10.0 Å². The number of sulfonamides is 1. The van der Waals surface area contributed by atoms with E-state index in [0.717, 1.165) is 48.4 Å². The number of benzene rings is 1. The number of nitrogens with one attached hydrogen (secondary N) is 2. The quantitative estimate of drug-likeness (QED) is 0.606. The molecule has 1 aromatic carbocycles. The average Bonchev–Trinajstić information content (AvgIpc) is 3.37. The first-order valence-corrected chi connectivity index (χ1v) is 11.7. The van der Waals surface area contributed by atoms with Crippen LogP contribution in [-0.2, 0) is 22.9 Å². The molecule has 148 valence electrons. The van der Waals surface area contributed by atoms with Crippen molar-refractivity contribution in [2.24, 2.45) is 0 Å². The molecule has 0 saturated carbocycles. The van der Waals surface area contributed by atoms with E-state index in [1.165, 1.54) is 17.3 Å². The Hall–Kier alpha value is -2.16. The van der Waals surface area contributed by atoms with Gasteiger partial charge >= 0.3 is 0 Å². The van der Waals surface area contributed by atoms with Crippen molar-refractivity contribution in [3.05, 3.63) is 53.7 Å². The van der Waals surface area contributed by atoms with Crippen molar-refractivity contribution >= 4 is 27.0 Å². The summed E-state index contributed by atoms with van der Waals surface area (Å²) in [6.45, 7) is 3.21. The van der Waals surface area contributed by atoms with E-state index in [0.29, 0.717) is 17.5 Å². The van der Waals surface area contributed by atoms with Gasteiger partial charge < -0.3 is 9.84 Å². The van der Waals surface area contributed by atoms with Crippen LogP contribution in [0, 0.1) is 0 Å². The smallest absolute Gasteiger partial charge is 0.271 e. The zero-order valence-electron chi connectivity index (χ0n) is 15.6. The molecule has 0 bridgehead atoms. The molecule has 0 fully saturated rings. The highest BCUT2D eigenvalue weighted by molar-refractivity contribution is 7.94. The summed E-state index contributed by atoms with van der Waals surface area (Å²) in [5, 5.41) is 7.24. The van der Waals surface area contributed by atoms with Gasteiger partial charge in [-0.25, -0.2) is 8.42 Å². The molecule has 4 rings (SSSR count). The minimum absolute atomic E-state index is 0.250. The molecule has 1 aliphatic carbocycles. The number of hydrogen-bond acceptors (Lipinski definition) is 6. The highest BCUT2D eigenvalue weighted by Gasteiger charge is 2.21. The van der Waals surface area contributed by atoms with Gasteiger partial charge in [-0.15, -0.1) is 11.3 Å². The average molecular weight is 418 g/mol. The molecule has 28 heavy (non-hydrogen) atoms. The van der Waals surface area contributed by atoms with Crippen molar-refractivity contribution in [1.82, 2.24) is 10.5 Å². The lowest BCUT2D eigenvalue weighted by atomic mass is 9.88. The second kappa shape index (κ2) is 8.06. The Morgan fingerprint density at radius 2 is 2.11 bits per heavy atom. The summed E-state index contributed by atoms with van der Waals surface area (Å²) in [4.78, 5) is 0.730. The van der Waals surface area contributed by atoms with Gasteiger partial charge in [0.25, 0.3) is 10.0 Å². The van der Waals surface area contributed by atoms with E-state index < -0.39 is 10.0 Å². The van der Waals surface area contributed by atoms with E-state index >= 15 is 0 Å². The summed E-state index contributed by atoms with van der Waals surface area (Å²) in [6, 6.07) is 11.4. The Morgan fingerprint density at radius 3 is 2.89 bits per heavy atom. The van der Waals surface area contributed by atoms with Crippen LogP contribution >= 0.6 is 11.3 Å². The molecule has 2 heterocycles. The first kappa shape index (κ1) is 19.2. The van der Waals surface area contributed by atoms with Crippen molar-refractivity contribution in [2.45, 2.75) is 42.9 Å². The SMILES string of the molecule is CCCN[C@H]1CCc2cc(NS(=O)(=O)c3ccc(-c4ccno4)s3)ccc2C1. The predicted octanol–water partition coefficient (Wildman–Crippen LogP) is 4.06. The maximum Gasteiger partial charge on any atom is 0.271 e. The fourth-order valence-electron chi connectivity index (χ4n) is 3.49. The Balaban J connectivity index is 1.48. The topological polar surface area (TPSA) is 84.2 Å². The number of aromatic nitrogens is 1. The third kappa shape index (κ3) is 4.14. The van der Waals surface area contributed by atoms with Gasteiger partial charge in [0.05, 0.1) is 11.1 Å². The molecule has 2 N–H and O–H groups in total. The Kier molecular flexibility index (Phi) is 5.52. The summed E-state index contributed by atoms with van der Waals surface area (Å²) in [5.74, 6) is 0.562. The summed E-state index contributed by atoms with van der Waals surface area (Å²) < 4.78 is 33.6. The Bertz CT molecular complexity index is 1040. The predicted molar refractivity (Wildman–Crippen MR) is 111 cm³/mol. The van der Waals surface area contributed by atoms with Crippen molar-refractivity contribution in [1.29, 1.82) is 0 Å². The first-order valence-electron chi connectivity index (χ1n) is 9.44. The van der Waals surface area contributed by atoms with Crippen LogP contribution in [0.5, 0.6) is 0 Å². The maximum absolute atomic E-state index is 12.8. The fraction of sp³-hybridized carbons (Fsp3) is 0.350. The number of anilines is 1. The van der Waals surface area contributed by atoms with Crippen LogP contribution in [0.25, 0.3) is 10.6 Å². The number of aryl methyl sites for hydroxylation is 1. The van der Waals surface area contributed by atoms with E-state index in [9.17, 15) is 8.42 Å². The van der Waals surface area contributed by atoms with Crippen molar-refractivity contribution in [3.63, 3.8) is 0 Å². The largest absolute Gasteiger partial charge is 0.355 e. The standard InChI is InChI=1S/C20H23N3O3S2/c1-2-10-21-16-5-3-15-13-17(6-4-14(15)12-16)23-28(24,25)20-8-7-19(27-20)18-9-11-22-26-18/h4,6-9,11,13,16,21,23H,2-3,5,10,12H2,1H3/t16-/m0/s1. The maximum atomic E-state index is 12.8. The van der Waals surface area contributed by atoms with Crippen LogP contribution in [0.3, 0.4) is 0 Å². The minimum Gasteiger partial charge on any atom is -0.355 e. The lowest BCUT2D eigenvalue weighted by Gasteiger charge is -2.26. The second-order valence-electron chi connectivity index (χ2n) is 6.98. The highest BCUT2D eigenvalue weighted by Crippen LogP contribution is 2.32. The number of fused-ring (bicyclic) bond motifs is 1. The van der Waals surface area contributed by atoms with Crippen LogP contribution in [0.1, 0.15) is 30.9 Å². The molecular formula is C20H23N3O3S2. The zero-order chi connectivity index (χ0) is 19.6. The van der Waals surface area contributed by atoms with E-state index in [-0.39, 0.29) is 4.21 Å². The van der Waals surface area contributed by atoms with Gasteiger partial charge in [-0.1, -0.05) is 18.1 Å². The normalized spacial score (nSPS) is 16.7. The molecule has 0 radical (unpaired) electrons. The molecule has 2 aromatic heterocycles. The number of thiophene rings is 1. The van der Waals surface area contributed by atoms with Crippen LogP contribution in [0.2, 0.25) is 0 Å². The lowest BCUT2D eigenvalue weighted by molar-refractivity contribution is 0.433. The minimum atomic E-state index is -3.64. The Morgan fingerprint density at radius 1 is 1.21 bits per heavy atom. The van der Waals surface area contributed by atoms with E-state index in [4.69, 9.17) is 4.52 Å². The van der Waals surface area contributed by atoms with Crippen molar-refractivity contribution in [2.75, 3.05) is 11.3 Å². The van der Waals surface area contributed by atoms with Gasteiger partial charge in [-0.3, -0.25) is 4.72 Å². The van der Waals surface area contributed by atoms with Gasteiger partial charge in [-0.05, 0) is 67.6 Å². The molecule has 8 heteroatoms. The number of nitrogens with zero attached hydrogens (tertiary/aromatic N) is 1. The third-order valence-electron chi connectivity index (χ3n) is 4.90. The molecule has 1 aliphatic rings. The molecule has 3 aromatic rings. The molecular weight excluding hydrogens is 394 g/mol. The summed E-state index contributed by atoms with van der Waals surface area (Å²) in [5.41, 5.74) is 3.13. The highest BCUT2D eigenvalue weighted by atomic mass is 32.2. The summed E-state index contributed by atoms with van der Waals surface area (Å²) >= 11 is 1.16. The van der Waals surface area contributed by atoms with Crippen LogP contribution in [-0.4, -0.2) is 26.2 Å². The fourth-order valence-corrected chi connectivity index (χ4v) is 5.80. The van der Waals surface area contributed by atoms with Crippen LogP contribution in [0.15, 0.2) is 51.3 Å². The summed E-state index contributed by atoms with van der Waals surface area (Å²) in [7, 11) is -3.64. The van der Waals surface area contributed by atoms with Crippen molar-refractivity contribution in [3.8, 4) is 10.6 Å². The van der Waals surface area contributed by atoms with Crippen LogP contribution in [0.4, 0.5) is 5.69 Å². The molecule has 1 atom stereocenters. The molecule has 0 unspecified atom stereocenters. The number of rotatable bonds is 7. The molecule has 0 aliphatic heterocycles. The van der Waals surface area contributed by atoms with Gasteiger partial charge in [0.15, 0.2) is 5.76 Å². The van der Waals surface area contributed by atoms with Gasteiger partial charge in [0.1, 0.15) is 4.21 Å². The third-order valence-corrected chi connectivity index (χ3v) is 7.87. The second-order valence-corrected chi connectivity index (χ2v) is 9.97. The van der Waals surface area contributed by atoms with E-state index in [1.54, 1.807) is 18.2 Å². The van der Waals surface area contributed by atoms with E-state index in [2.05, 4.69) is 22.1 Å². The van der Waals surface area contributed by atoms with Gasteiger partial charge in [0.2, 0.25) is 0 Å². The monoisotopic (exact) mass is 417 g/mol. The lowest BCUT2D eigenvalue weighted by Crippen LogP contribution is -2.35. The molecule has 0 saturated heterocycles. The van der Waals surface area contributed by atoms with Crippen molar-refractivity contribution < 1.29 is 12.9 Å².